The number of rotatable bonds is 8. The largest absolute Gasteiger partial charge is 0.507 e. The zero-order valence-corrected chi connectivity index (χ0v) is 26.5. The molecule has 1 aromatic carbocycles. The van der Waals surface area contributed by atoms with Crippen molar-refractivity contribution in [3.63, 3.8) is 0 Å². The number of nitrogens with one attached hydrogen (secondary N) is 1. The number of oxazole rings is 1. The summed E-state index contributed by atoms with van der Waals surface area (Å²) in [5.74, 6) is 0.925. The molecule has 4 aliphatic carbocycles. The molecule has 1 saturated heterocycles. The van der Waals surface area contributed by atoms with Crippen molar-refractivity contribution in [1.29, 1.82) is 0 Å². The fourth-order valence-corrected chi connectivity index (χ4v) is 8.46. The van der Waals surface area contributed by atoms with Crippen LogP contribution in [0.2, 0.25) is 0 Å². The van der Waals surface area contributed by atoms with Crippen molar-refractivity contribution in [2.45, 2.75) is 64.0 Å². The lowest BCUT2D eigenvalue weighted by atomic mass is 9.33. The fourth-order valence-electron chi connectivity index (χ4n) is 8.46. The number of hydrogen-bond donors (Lipinski definition) is 2. The second-order valence-electron chi connectivity index (χ2n) is 13.8. The minimum absolute atomic E-state index is 0.0304. The summed E-state index contributed by atoms with van der Waals surface area (Å²) in [7, 11) is 3.62. The zero-order valence-electron chi connectivity index (χ0n) is 26.5. The van der Waals surface area contributed by atoms with Gasteiger partial charge in [-0.3, -0.25) is 14.4 Å². The van der Waals surface area contributed by atoms with Crippen molar-refractivity contribution >= 4 is 40.3 Å². The highest BCUT2D eigenvalue weighted by molar-refractivity contribution is 6.06. The normalized spacial score (nSPS) is 24.1. The number of carbonyl (C=O) groups is 2. The van der Waals surface area contributed by atoms with Gasteiger partial charge in [0.05, 0.1) is 5.69 Å². The van der Waals surface area contributed by atoms with Gasteiger partial charge in [0.25, 0.3) is 11.5 Å². The number of aromatic nitrogens is 5. The third-order valence-electron chi connectivity index (χ3n) is 10.9. The molecule has 2 N–H and O–H groups in total. The van der Waals surface area contributed by atoms with Crippen LogP contribution in [-0.4, -0.2) is 91.8 Å². The second kappa shape index (κ2) is 10.2. The van der Waals surface area contributed by atoms with Gasteiger partial charge in [-0.2, -0.15) is 9.50 Å². The third-order valence-corrected chi connectivity index (χ3v) is 10.9. The van der Waals surface area contributed by atoms with E-state index in [0.29, 0.717) is 66.6 Å². The van der Waals surface area contributed by atoms with Gasteiger partial charge in [0.15, 0.2) is 12.0 Å². The number of benzene rings is 1. The Kier molecular flexibility index (Phi) is 6.39. The molecule has 14 nitrogen and oxygen atoms in total. The molecule has 1 aliphatic heterocycles. The Morgan fingerprint density at radius 2 is 1.87 bits per heavy atom. The highest BCUT2D eigenvalue weighted by Crippen LogP contribution is 2.73. The van der Waals surface area contributed by atoms with E-state index < -0.39 is 0 Å². The van der Waals surface area contributed by atoms with E-state index in [1.54, 1.807) is 15.9 Å². The van der Waals surface area contributed by atoms with Crippen LogP contribution in [0.25, 0.3) is 16.9 Å². The summed E-state index contributed by atoms with van der Waals surface area (Å²) in [6.45, 7) is 3.38. The van der Waals surface area contributed by atoms with E-state index in [9.17, 15) is 19.5 Å². The number of nitrogens with zero attached hydrogens (tertiary/aromatic N) is 8. The average molecular weight is 630 g/mol. The minimum atomic E-state index is -0.362. The molecule has 0 spiro atoms. The van der Waals surface area contributed by atoms with E-state index in [4.69, 9.17) is 4.42 Å². The van der Waals surface area contributed by atoms with Gasteiger partial charge >= 0.3 is 0 Å². The van der Waals surface area contributed by atoms with Crippen LogP contribution in [0.3, 0.4) is 0 Å². The highest BCUT2D eigenvalue weighted by Gasteiger charge is 2.71. The predicted molar refractivity (Wildman–Crippen MR) is 169 cm³/mol. The molecule has 4 saturated carbocycles. The van der Waals surface area contributed by atoms with Crippen LogP contribution >= 0.6 is 0 Å². The summed E-state index contributed by atoms with van der Waals surface area (Å²) in [5.41, 5.74) is 2.03. The van der Waals surface area contributed by atoms with Crippen molar-refractivity contribution < 1.29 is 19.1 Å². The van der Waals surface area contributed by atoms with Gasteiger partial charge in [0.1, 0.15) is 29.1 Å². The van der Waals surface area contributed by atoms with Gasteiger partial charge in [-0.05, 0) is 62.0 Å². The van der Waals surface area contributed by atoms with Crippen molar-refractivity contribution in [2.75, 3.05) is 50.1 Å². The lowest BCUT2D eigenvalue weighted by Crippen LogP contribution is -2.77. The predicted octanol–water partition coefficient (Wildman–Crippen LogP) is 2.17. The second-order valence-corrected chi connectivity index (χ2v) is 13.8. The van der Waals surface area contributed by atoms with E-state index in [0.717, 1.165) is 25.2 Å². The van der Waals surface area contributed by atoms with Crippen LogP contribution in [0.4, 0.5) is 11.6 Å². The number of amides is 2. The average Bonchev–Trinajstić information content (AvgIpc) is 3.64. The number of piperazine rings is 1. The maximum atomic E-state index is 14.1. The van der Waals surface area contributed by atoms with Gasteiger partial charge in [-0.1, -0.05) is 13.3 Å². The van der Waals surface area contributed by atoms with Gasteiger partial charge in [0.2, 0.25) is 17.6 Å². The molecule has 0 atom stereocenters. The number of carbonyl (C=O) groups excluding carboxylic acids is 2. The zero-order chi connectivity index (χ0) is 32.0. The fraction of sp³-hybridized carbons (Fsp3) is 0.562. The molecule has 2 amide bonds. The van der Waals surface area contributed by atoms with E-state index in [1.165, 1.54) is 36.2 Å². The van der Waals surface area contributed by atoms with Gasteiger partial charge in [-0.25, -0.2) is 4.98 Å². The number of phenols is 1. The van der Waals surface area contributed by atoms with Crippen LogP contribution in [0, 0.1) is 11.3 Å². The number of anilines is 2. The minimum Gasteiger partial charge on any atom is -0.507 e. The van der Waals surface area contributed by atoms with E-state index in [1.807, 2.05) is 30.5 Å². The Morgan fingerprint density at radius 3 is 2.52 bits per heavy atom. The first-order valence-corrected chi connectivity index (χ1v) is 16.2. The summed E-state index contributed by atoms with van der Waals surface area (Å²) in [4.78, 5) is 55.3. The molecule has 2 bridgehead atoms. The van der Waals surface area contributed by atoms with Crippen molar-refractivity contribution in [3.8, 4) is 5.75 Å². The summed E-state index contributed by atoms with van der Waals surface area (Å²) < 4.78 is 8.55. The SMILES string of the molecule is CCc1c(N2CCN(C(=O)c3c(O)ccc4ncoc34)CC2)c(=O)n2nc(N(C)C)nc2n1CC(=O)NC12CC(C3CCC3)(C1)C2. The Morgan fingerprint density at radius 1 is 1.13 bits per heavy atom. The van der Waals surface area contributed by atoms with Crippen LogP contribution < -0.4 is 20.7 Å². The number of fused-ring (bicyclic) bond motifs is 2. The molecule has 0 radical (unpaired) electrons. The molecular formula is C32H39N9O5. The quantitative estimate of drug-likeness (QED) is 0.296. The van der Waals surface area contributed by atoms with Crippen LogP contribution in [0.1, 0.15) is 61.5 Å². The van der Waals surface area contributed by atoms with Crippen molar-refractivity contribution in [2.24, 2.45) is 11.3 Å². The summed E-state index contributed by atoms with van der Waals surface area (Å²) >= 11 is 0. The first kappa shape index (κ1) is 28.8. The number of aromatic hydroxyl groups is 1. The topological polar surface area (TPSA) is 154 Å². The molecule has 9 rings (SSSR count). The molecule has 4 heterocycles. The van der Waals surface area contributed by atoms with Gasteiger partial charge in [-0.15, -0.1) is 5.10 Å². The van der Waals surface area contributed by atoms with E-state index in [2.05, 4.69) is 20.4 Å². The van der Waals surface area contributed by atoms with Crippen LogP contribution in [0.15, 0.2) is 27.7 Å². The molecular weight excluding hydrogens is 590 g/mol. The number of phenolic OH excluding ortho intramolecular Hbond substituents is 1. The smallest absolute Gasteiger partial charge is 0.299 e. The molecule has 0 unspecified atom stereocenters. The Hall–Kier alpha value is -4.62. The Bertz CT molecular complexity index is 1930. The first-order chi connectivity index (χ1) is 22.1. The molecule has 242 valence electrons. The van der Waals surface area contributed by atoms with Gasteiger partial charge in [0, 0.05) is 45.8 Å². The first-order valence-electron chi connectivity index (χ1n) is 16.2. The van der Waals surface area contributed by atoms with Gasteiger partial charge < -0.3 is 34.1 Å². The standard InChI is InChI=1S/C32H39N9O5/c1-4-21-25(38-10-12-39(13-11-38)27(44)24-22(42)9-8-20-26(24)46-18-33-20)28(45)41-30(34-29(36-41)37(2)3)40(21)14-23(43)35-32-15-31(16-32,17-32)19-6-5-7-19/h8-9,18-19,42H,4-7,10-17H2,1-3H3,(H,35,43). The molecule has 14 heteroatoms. The lowest BCUT2D eigenvalue weighted by molar-refractivity contribution is -0.208. The Labute approximate surface area is 265 Å². The van der Waals surface area contributed by atoms with Crippen molar-refractivity contribution in [3.05, 3.63) is 40.1 Å². The molecule has 4 aromatic rings. The molecule has 3 aromatic heterocycles. The van der Waals surface area contributed by atoms with Crippen molar-refractivity contribution in [1.82, 2.24) is 34.4 Å². The lowest BCUT2D eigenvalue weighted by Gasteiger charge is -2.74. The van der Waals surface area contributed by atoms with E-state index in [-0.39, 0.29) is 46.4 Å². The van der Waals surface area contributed by atoms with E-state index >= 15 is 0 Å². The maximum absolute atomic E-state index is 14.1. The monoisotopic (exact) mass is 629 g/mol. The summed E-state index contributed by atoms with van der Waals surface area (Å²) in [6.07, 6.45) is 8.94. The Balaban J connectivity index is 1.07. The highest BCUT2D eigenvalue weighted by atomic mass is 16.3. The summed E-state index contributed by atoms with van der Waals surface area (Å²) in [5, 5.41) is 18.4. The molecule has 5 fully saturated rings. The maximum Gasteiger partial charge on any atom is 0.299 e. The summed E-state index contributed by atoms with van der Waals surface area (Å²) in [6, 6.07) is 3.04. The van der Waals surface area contributed by atoms with Crippen LogP contribution in [-0.2, 0) is 17.8 Å². The molecule has 46 heavy (non-hydrogen) atoms. The number of hydrogen-bond acceptors (Lipinski definition) is 10. The molecule has 5 aliphatic rings. The van der Waals surface area contributed by atoms with Crippen LogP contribution in [0.5, 0.6) is 5.75 Å². The third kappa shape index (κ3) is 4.21.